The number of halogens is 1. The molecule has 0 saturated carbocycles. The van der Waals surface area contributed by atoms with Crippen molar-refractivity contribution in [3.63, 3.8) is 0 Å². The van der Waals surface area contributed by atoms with Crippen LogP contribution in [0.2, 0.25) is 5.15 Å². The number of imidazole rings is 1. The zero-order chi connectivity index (χ0) is 14.5. The second kappa shape index (κ2) is 6.38. The van der Waals surface area contributed by atoms with E-state index in [2.05, 4.69) is 20.4 Å². The van der Waals surface area contributed by atoms with Crippen LogP contribution in [0.1, 0.15) is 17.0 Å². The van der Waals surface area contributed by atoms with Crippen molar-refractivity contribution in [1.29, 1.82) is 0 Å². The molecule has 2 heterocycles. The van der Waals surface area contributed by atoms with E-state index >= 15 is 0 Å². The third-order valence-electron chi connectivity index (χ3n) is 2.85. The summed E-state index contributed by atoms with van der Waals surface area (Å²) < 4.78 is 1.58. The van der Waals surface area contributed by atoms with Gasteiger partial charge in [-0.2, -0.15) is 5.10 Å². The van der Waals surface area contributed by atoms with Crippen molar-refractivity contribution in [1.82, 2.24) is 25.1 Å². The van der Waals surface area contributed by atoms with Crippen molar-refractivity contribution in [2.45, 2.75) is 13.3 Å². The number of rotatable bonds is 5. The Hall–Kier alpha value is -2.08. The Labute approximate surface area is 121 Å². The van der Waals surface area contributed by atoms with E-state index in [0.717, 1.165) is 17.0 Å². The summed E-state index contributed by atoms with van der Waals surface area (Å²) in [5.41, 5.74) is 2.54. The molecule has 0 aromatic carbocycles. The van der Waals surface area contributed by atoms with Crippen molar-refractivity contribution in [2.75, 3.05) is 6.54 Å². The van der Waals surface area contributed by atoms with Crippen LogP contribution in [0.3, 0.4) is 0 Å². The molecule has 0 bridgehead atoms. The van der Waals surface area contributed by atoms with E-state index in [-0.39, 0.29) is 5.91 Å². The number of amides is 1. The highest BCUT2D eigenvalue weighted by molar-refractivity contribution is 6.31. The lowest BCUT2D eigenvalue weighted by Crippen LogP contribution is -2.23. The topological polar surface area (TPSA) is 75.6 Å². The van der Waals surface area contributed by atoms with Crippen molar-refractivity contribution in [2.24, 2.45) is 7.05 Å². The van der Waals surface area contributed by atoms with Crippen LogP contribution in [-0.4, -0.2) is 32.2 Å². The normalized spacial score (nSPS) is 11.2. The monoisotopic (exact) mass is 293 g/mol. The lowest BCUT2D eigenvalue weighted by atomic mass is 10.2. The Morgan fingerprint density at radius 1 is 1.60 bits per heavy atom. The van der Waals surface area contributed by atoms with Gasteiger partial charge in [0.1, 0.15) is 5.15 Å². The number of hydrogen-bond donors (Lipinski definition) is 2. The van der Waals surface area contributed by atoms with Crippen LogP contribution in [0.4, 0.5) is 0 Å². The summed E-state index contributed by atoms with van der Waals surface area (Å²) in [4.78, 5) is 18.6. The van der Waals surface area contributed by atoms with Crippen LogP contribution in [0.15, 0.2) is 18.6 Å². The first-order valence-corrected chi connectivity index (χ1v) is 6.58. The highest BCUT2D eigenvalue weighted by Gasteiger charge is 2.08. The summed E-state index contributed by atoms with van der Waals surface area (Å²) in [7, 11) is 1.76. The molecule has 1 amide bonds. The average Bonchev–Trinajstić information content (AvgIpc) is 2.98. The molecule has 6 nitrogen and oxygen atoms in total. The fraction of sp³-hybridized carbons (Fsp3) is 0.308. The number of H-pyrrole nitrogens is 1. The molecule has 2 aromatic rings. The SMILES string of the molecule is Cc1nn(C)c(Cl)c1C=CC(=O)NCCc1cnc[nH]1. The minimum atomic E-state index is -0.163. The van der Waals surface area contributed by atoms with Crippen LogP contribution < -0.4 is 5.32 Å². The Bertz CT molecular complexity index is 615. The van der Waals surface area contributed by atoms with E-state index in [1.165, 1.54) is 6.08 Å². The van der Waals surface area contributed by atoms with Gasteiger partial charge in [-0.25, -0.2) is 4.98 Å². The van der Waals surface area contributed by atoms with E-state index in [1.54, 1.807) is 30.3 Å². The smallest absolute Gasteiger partial charge is 0.244 e. The number of hydrogen-bond acceptors (Lipinski definition) is 3. The molecule has 2 aromatic heterocycles. The number of aromatic nitrogens is 4. The summed E-state index contributed by atoms with van der Waals surface area (Å²) in [5.74, 6) is -0.163. The van der Waals surface area contributed by atoms with Crippen molar-refractivity contribution in [3.05, 3.63) is 40.7 Å². The molecule has 0 fully saturated rings. The zero-order valence-electron chi connectivity index (χ0n) is 11.4. The molecule has 0 aliphatic rings. The summed E-state index contributed by atoms with van der Waals surface area (Å²) in [6, 6.07) is 0. The first kappa shape index (κ1) is 14.3. The first-order chi connectivity index (χ1) is 9.58. The van der Waals surface area contributed by atoms with Gasteiger partial charge in [-0.05, 0) is 13.0 Å². The van der Waals surface area contributed by atoms with E-state index in [0.29, 0.717) is 18.1 Å². The van der Waals surface area contributed by atoms with Crippen molar-refractivity contribution < 1.29 is 4.79 Å². The molecule has 0 spiro atoms. The Balaban J connectivity index is 1.86. The van der Waals surface area contributed by atoms with E-state index < -0.39 is 0 Å². The van der Waals surface area contributed by atoms with Gasteiger partial charge in [0.05, 0.1) is 12.0 Å². The molecule has 0 atom stereocenters. The van der Waals surface area contributed by atoms with Crippen molar-refractivity contribution in [3.8, 4) is 0 Å². The molecule has 0 saturated heterocycles. The fourth-order valence-electron chi connectivity index (χ4n) is 1.80. The number of aromatic amines is 1. The highest BCUT2D eigenvalue weighted by Crippen LogP contribution is 2.19. The van der Waals surface area contributed by atoms with Crippen molar-refractivity contribution >= 4 is 23.6 Å². The molecular weight excluding hydrogens is 278 g/mol. The quantitative estimate of drug-likeness (QED) is 0.820. The molecule has 2 N–H and O–H groups in total. The standard InChI is InChI=1S/C13H16ClN5O/c1-9-11(13(14)19(2)18-9)3-4-12(20)16-6-5-10-7-15-8-17-10/h3-4,7-8H,5-6H2,1-2H3,(H,15,17)(H,16,20). The van der Waals surface area contributed by atoms with Crippen LogP contribution in [-0.2, 0) is 18.3 Å². The summed E-state index contributed by atoms with van der Waals surface area (Å²) in [6.45, 7) is 2.40. The van der Waals surface area contributed by atoms with Gasteiger partial charge < -0.3 is 10.3 Å². The number of nitrogens with one attached hydrogen (secondary N) is 2. The third kappa shape index (κ3) is 3.48. The molecule has 0 unspecified atom stereocenters. The van der Waals surface area contributed by atoms with Crippen LogP contribution in [0, 0.1) is 6.92 Å². The molecule has 0 radical (unpaired) electrons. The Kier molecular flexibility index (Phi) is 4.57. The second-order valence-corrected chi connectivity index (χ2v) is 4.72. The Morgan fingerprint density at radius 2 is 2.40 bits per heavy atom. The molecule has 0 aliphatic heterocycles. The predicted molar refractivity (Wildman–Crippen MR) is 77.3 cm³/mol. The van der Waals surface area contributed by atoms with Gasteiger partial charge in [-0.15, -0.1) is 0 Å². The number of carbonyl (C=O) groups is 1. The summed E-state index contributed by atoms with van der Waals surface area (Å²) in [6.07, 6.45) is 7.20. The molecule has 20 heavy (non-hydrogen) atoms. The largest absolute Gasteiger partial charge is 0.352 e. The number of nitrogens with zero attached hydrogens (tertiary/aromatic N) is 3. The highest BCUT2D eigenvalue weighted by atomic mass is 35.5. The van der Waals surface area contributed by atoms with Crippen LogP contribution in [0.5, 0.6) is 0 Å². The van der Waals surface area contributed by atoms with Gasteiger partial charge in [0, 0.05) is 43.5 Å². The van der Waals surface area contributed by atoms with Gasteiger partial charge in [0.15, 0.2) is 0 Å². The number of aryl methyl sites for hydroxylation is 2. The van der Waals surface area contributed by atoms with Gasteiger partial charge >= 0.3 is 0 Å². The van der Waals surface area contributed by atoms with E-state index in [9.17, 15) is 4.79 Å². The lowest BCUT2D eigenvalue weighted by molar-refractivity contribution is -0.116. The zero-order valence-corrected chi connectivity index (χ0v) is 12.1. The lowest BCUT2D eigenvalue weighted by Gasteiger charge is -2.00. The Morgan fingerprint density at radius 3 is 3.00 bits per heavy atom. The maximum absolute atomic E-state index is 11.7. The van der Waals surface area contributed by atoms with E-state index in [4.69, 9.17) is 11.6 Å². The molecule has 2 rings (SSSR count). The maximum Gasteiger partial charge on any atom is 0.244 e. The van der Waals surface area contributed by atoms with Gasteiger partial charge in [-0.3, -0.25) is 9.48 Å². The minimum absolute atomic E-state index is 0.163. The van der Waals surface area contributed by atoms with Gasteiger partial charge in [0.2, 0.25) is 5.91 Å². The predicted octanol–water partition coefficient (Wildman–Crippen LogP) is 1.48. The molecular formula is C13H16ClN5O. The first-order valence-electron chi connectivity index (χ1n) is 6.20. The maximum atomic E-state index is 11.7. The molecule has 106 valence electrons. The molecule has 7 heteroatoms. The van der Waals surface area contributed by atoms with Crippen LogP contribution >= 0.6 is 11.6 Å². The van der Waals surface area contributed by atoms with E-state index in [1.807, 2.05) is 6.92 Å². The number of carbonyl (C=O) groups excluding carboxylic acids is 1. The third-order valence-corrected chi connectivity index (χ3v) is 3.29. The van der Waals surface area contributed by atoms with Gasteiger partial charge in [0.25, 0.3) is 0 Å². The summed E-state index contributed by atoms with van der Waals surface area (Å²) in [5, 5.41) is 7.49. The van der Waals surface area contributed by atoms with Crippen LogP contribution in [0.25, 0.3) is 6.08 Å². The fourth-order valence-corrected chi connectivity index (χ4v) is 2.03. The average molecular weight is 294 g/mol. The summed E-state index contributed by atoms with van der Waals surface area (Å²) >= 11 is 6.08. The second-order valence-electron chi connectivity index (χ2n) is 4.36. The minimum Gasteiger partial charge on any atom is -0.352 e. The van der Waals surface area contributed by atoms with Gasteiger partial charge in [-0.1, -0.05) is 11.6 Å². The molecule has 0 aliphatic carbocycles.